The van der Waals surface area contributed by atoms with Crippen molar-refractivity contribution in [2.24, 2.45) is 5.18 Å². The minimum atomic E-state index is -0.161. The number of hydrogen-bond donors (Lipinski definition) is 0. The van der Waals surface area contributed by atoms with E-state index < -0.39 is 0 Å². The zero-order valence-corrected chi connectivity index (χ0v) is 8.16. The molecule has 0 aliphatic carbocycles. The van der Waals surface area contributed by atoms with E-state index in [1.807, 2.05) is 31.2 Å². The van der Waals surface area contributed by atoms with Gasteiger partial charge in [0.15, 0.2) is 0 Å². The van der Waals surface area contributed by atoms with Crippen LogP contribution in [0.4, 0.5) is 0 Å². The molecule has 0 saturated heterocycles. The number of hydrogen-bond acceptors (Lipinski definition) is 2. The van der Waals surface area contributed by atoms with Crippen LogP contribution in [0.25, 0.3) is 0 Å². The van der Waals surface area contributed by atoms with Crippen LogP contribution in [-0.2, 0) is 0 Å². The summed E-state index contributed by atoms with van der Waals surface area (Å²) in [5, 5.41) is 3.13. The molecule has 0 aliphatic rings. The summed E-state index contributed by atoms with van der Waals surface area (Å²) >= 11 is 0. The standard InChI is InChI=1S/C11H15NO/c1-3-4-11(12-13)10-7-5-9(2)6-8-10/h5-8,11H,3-4H2,1-2H3. The SMILES string of the molecule is CCCC(N=O)c1ccc(C)cc1. The number of nitrogens with zero attached hydrogens (tertiary/aromatic N) is 1. The average Bonchev–Trinajstić information content (AvgIpc) is 2.16. The molecule has 1 unspecified atom stereocenters. The Morgan fingerprint density at radius 2 is 1.92 bits per heavy atom. The van der Waals surface area contributed by atoms with E-state index in [4.69, 9.17) is 0 Å². The third-order valence-electron chi connectivity index (χ3n) is 2.15. The van der Waals surface area contributed by atoms with E-state index in [0.717, 1.165) is 18.4 Å². The maximum absolute atomic E-state index is 10.5. The maximum atomic E-state index is 10.5. The Balaban J connectivity index is 2.79. The van der Waals surface area contributed by atoms with Gasteiger partial charge in [-0.1, -0.05) is 48.4 Å². The van der Waals surface area contributed by atoms with Gasteiger partial charge in [-0.3, -0.25) is 0 Å². The van der Waals surface area contributed by atoms with Crippen LogP contribution >= 0.6 is 0 Å². The highest BCUT2D eigenvalue weighted by molar-refractivity contribution is 5.24. The third-order valence-corrected chi connectivity index (χ3v) is 2.15. The fraction of sp³-hybridized carbons (Fsp3) is 0.455. The van der Waals surface area contributed by atoms with Gasteiger partial charge >= 0.3 is 0 Å². The Morgan fingerprint density at radius 3 is 2.38 bits per heavy atom. The second-order valence-electron chi connectivity index (χ2n) is 3.32. The summed E-state index contributed by atoms with van der Waals surface area (Å²) in [4.78, 5) is 10.5. The molecule has 1 atom stereocenters. The van der Waals surface area contributed by atoms with Gasteiger partial charge in [0.2, 0.25) is 0 Å². The fourth-order valence-electron chi connectivity index (χ4n) is 1.34. The molecule has 0 spiro atoms. The van der Waals surface area contributed by atoms with Crippen LogP contribution in [0.3, 0.4) is 0 Å². The van der Waals surface area contributed by atoms with Crippen molar-refractivity contribution in [1.29, 1.82) is 0 Å². The first-order valence-electron chi connectivity index (χ1n) is 4.67. The molecule has 0 bridgehead atoms. The maximum Gasteiger partial charge on any atom is 0.117 e. The number of benzene rings is 1. The molecule has 2 heteroatoms. The van der Waals surface area contributed by atoms with Crippen molar-refractivity contribution < 1.29 is 0 Å². The highest BCUT2D eigenvalue weighted by Crippen LogP contribution is 2.22. The highest BCUT2D eigenvalue weighted by Gasteiger charge is 2.09. The summed E-state index contributed by atoms with van der Waals surface area (Å²) in [6, 6.07) is 7.84. The van der Waals surface area contributed by atoms with Gasteiger partial charge in [-0.2, -0.15) is 4.91 Å². The minimum Gasteiger partial charge on any atom is -0.150 e. The van der Waals surface area contributed by atoms with Gasteiger partial charge in [0.05, 0.1) is 0 Å². The van der Waals surface area contributed by atoms with Gasteiger partial charge < -0.3 is 0 Å². The summed E-state index contributed by atoms with van der Waals surface area (Å²) in [5.74, 6) is 0. The van der Waals surface area contributed by atoms with E-state index in [9.17, 15) is 4.91 Å². The number of aryl methyl sites for hydroxylation is 1. The van der Waals surface area contributed by atoms with Gasteiger partial charge in [-0.05, 0) is 18.9 Å². The Bertz CT molecular complexity index is 266. The van der Waals surface area contributed by atoms with Gasteiger partial charge in [0.25, 0.3) is 0 Å². The van der Waals surface area contributed by atoms with Crippen LogP contribution in [-0.4, -0.2) is 0 Å². The van der Waals surface area contributed by atoms with Gasteiger partial charge in [0, 0.05) is 0 Å². The second-order valence-corrected chi connectivity index (χ2v) is 3.32. The summed E-state index contributed by atoms with van der Waals surface area (Å²) < 4.78 is 0. The lowest BCUT2D eigenvalue weighted by molar-refractivity contribution is 0.636. The van der Waals surface area contributed by atoms with Crippen LogP contribution in [0.1, 0.15) is 36.9 Å². The molecular weight excluding hydrogens is 162 g/mol. The average molecular weight is 177 g/mol. The van der Waals surface area contributed by atoms with Crippen molar-refractivity contribution >= 4 is 0 Å². The van der Waals surface area contributed by atoms with Gasteiger partial charge in [0.1, 0.15) is 6.04 Å². The second kappa shape index (κ2) is 4.75. The first-order valence-corrected chi connectivity index (χ1v) is 4.67. The molecule has 2 nitrogen and oxygen atoms in total. The van der Waals surface area contributed by atoms with E-state index in [1.54, 1.807) is 0 Å². The highest BCUT2D eigenvalue weighted by atomic mass is 16.3. The van der Waals surface area contributed by atoms with Crippen molar-refractivity contribution in [2.75, 3.05) is 0 Å². The number of rotatable bonds is 4. The lowest BCUT2D eigenvalue weighted by Crippen LogP contribution is -1.93. The molecule has 70 valence electrons. The zero-order valence-electron chi connectivity index (χ0n) is 8.16. The fourth-order valence-corrected chi connectivity index (χ4v) is 1.34. The summed E-state index contributed by atoms with van der Waals surface area (Å²) in [6.07, 6.45) is 1.83. The lowest BCUT2D eigenvalue weighted by atomic mass is 10.0. The van der Waals surface area contributed by atoms with Crippen molar-refractivity contribution in [3.8, 4) is 0 Å². The molecule has 0 amide bonds. The van der Waals surface area contributed by atoms with E-state index >= 15 is 0 Å². The Hall–Kier alpha value is -1.18. The smallest absolute Gasteiger partial charge is 0.117 e. The minimum absolute atomic E-state index is 0.161. The normalized spacial score (nSPS) is 12.5. The molecule has 1 aromatic rings. The molecule has 0 radical (unpaired) electrons. The summed E-state index contributed by atoms with van der Waals surface area (Å²) in [6.45, 7) is 4.10. The zero-order chi connectivity index (χ0) is 9.68. The van der Waals surface area contributed by atoms with Gasteiger partial charge in [-0.25, -0.2) is 0 Å². The third kappa shape index (κ3) is 2.65. The predicted octanol–water partition coefficient (Wildman–Crippen LogP) is 3.60. The first-order chi connectivity index (χ1) is 6.27. The molecule has 1 aromatic carbocycles. The monoisotopic (exact) mass is 177 g/mol. The summed E-state index contributed by atoms with van der Waals surface area (Å²) in [5.41, 5.74) is 2.24. The molecule has 0 aromatic heterocycles. The summed E-state index contributed by atoms with van der Waals surface area (Å²) in [7, 11) is 0. The first kappa shape index (κ1) is 9.90. The van der Waals surface area contributed by atoms with Crippen molar-refractivity contribution in [3.63, 3.8) is 0 Å². The molecule has 13 heavy (non-hydrogen) atoms. The Morgan fingerprint density at radius 1 is 1.31 bits per heavy atom. The van der Waals surface area contributed by atoms with Crippen LogP contribution in [0.15, 0.2) is 29.4 Å². The van der Waals surface area contributed by atoms with Crippen molar-refractivity contribution in [2.45, 2.75) is 32.7 Å². The predicted molar refractivity (Wildman–Crippen MR) is 54.6 cm³/mol. The van der Waals surface area contributed by atoms with E-state index in [1.165, 1.54) is 5.56 Å². The molecule has 1 rings (SSSR count). The lowest BCUT2D eigenvalue weighted by Gasteiger charge is -2.07. The molecule has 0 saturated carbocycles. The van der Waals surface area contributed by atoms with Crippen molar-refractivity contribution in [1.82, 2.24) is 0 Å². The molecule has 0 fully saturated rings. The molecular formula is C11H15NO. The largest absolute Gasteiger partial charge is 0.150 e. The van der Waals surface area contributed by atoms with Gasteiger partial charge in [-0.15, -0.1) is 0 Å². The van der Waals surface area contributed by atoms with Crippen molar-refractivity contribution in [3.05, 3.63) is 40.3 Å². The van der Waals surface area contributed by atoms with Crippen LogP contribution in [0, 0.1) is 11.8 Å². The van der Waals surface area contributed by atoms with E-state index in [2.05, 4.69) is 12.1 Å². The Kier molecular flexibility index (Phi) is 3.62. The van der Waals surface area contributed by atoms with Crippen LogP contribution in [0.5, 0.6) is 0 Å². The topological polar surface area (TPSA) is 29.4 Å². The molecule has 0 aliphatic heterocycles. The molecule has 0 N–H and O–H groups in total. The van der Waals surface area contributed by atoms with Crippen LogP contribution in [0.2, 0.25) is 0 Å². The van der Waals surface area contributed by atoms with Crippen LogP contribution < -0.4 is 0 Å². The Labute approximate surface area is 79.0 Å². The number of nitroso groups, excluding NO2 is 1. The molecule has 0 heterocycles. The van der Waals surface area contributed by atoms with E-state index in [-0.39, 0.29) is 6.04 Å². The quantitative estimate of drug-likeness (QED) is 0.646. The van der Waals surface area contributed by atoms with E-state index in [0.29, 0.717) is 0 Å².